The molecule has 1 aliphatic rings. The van der Waals surface area contributed by atoms with E-state index >= 15 is 0 Å². The van der Waals surface area contributed by atoms with Crippen LogP contribution in [0.4, 0.5) is 5.69 Å². The van der Waals surface area contributed by atoms with Crippen molar-refractivity contribution in [2.75, 3.05) is 14.1 Å². The summed E-state index contributed by atoms with van der Waals surface area (Å²) in [4.78, 5) is 5.96. The third-order valence-electron chi connectivity index (χ3n) is 5.65. The molecule has 1 aliphatic carbocycles. The van der Waals surface area contributed by atoms with Crippen LogP contribution in [0.2, 0.25) is 5.02 Å². The van der Waals surface area contributed by atoms with E-state index < -0.39 is 10.0 Å². The first-order valence-corrected chi connectivity index (χ1v) is 13.1. The molecule has 2 aromatic carbocycles. The summed E-state index contributed by atoms with van der Waals surface area (Å²) in [6.07, 6.45) is 5.84. The van der Waals surface area contributed by atoms with E-state index in [9.17, 15) is 8.42 Å². The van der Waals surface area contributed by atoms with Gasteiger partial charge in [-0.3, -0.25) is 0 Å². The first kappa shape index (κ1) is 22.3. The molecular weight excluding hydrogens is 450 g/mol. The molecule has 0 amide bonds. The number of aromatic nitrogens is 1. The van der Waals surface area contributed by atoms with Gasteiger partial charge in [-0.2, -0.15) is 0 Å². The third-order valence-corrected chi connectivity index (χ3v) is 8.78. The number of nitrogens with zero attached hydrogens (tertiary/aromatic N) is 3. The van der Waals surface area contributed by atoms with Gasteiger partial charge in [-0.15, -0.1) is 11.3 Å². The summed E-state index contributed by atoms with van der Waals surface area (Å²) in [5.74, 6) is 0. The number of benzene rings is 2. The standard InChI is InChI=1S/C23H26ClN3O2S2/c1-26(2)31(28,29)22-15-17(13-14-20(22)24)21-16-30-23(25-18-9-5-3-6-10-18)27(21)19-11-7-4-8-12-19/h3,5-6,9-10,13-16,19H,4,7-8,11-12H2,1-2H3/b25-23+. The highest BCUT2D eigenvalue weighted by Gasteiger charge is 2.24. The minimum atomic E-state index is -3.65. The van der Waals surface area contributed by atoms with E-state index in [1.807, 2.05) is 36.4 Å². The zero-order chi connectivity index (χ0) is 22.0. The van der Waals surface area contributed by atoms with Gasteiger partial charge in [0.15, 0.2) is 4.80 Å². The number of hydrogen-bond donors (Lipinski definition) is 0. The predicted octanol–water partition coefficient (Wildman–Crippen LogP) is 5.86. The fourth-order valence-electron chi connectivity index (χ4n) is 3.97. The Kier molecular flexibility index (Phi) is 6.67. The SMILES string of the molecule is CN(C)S(=O)(=O)c1cc(-c2cs/c(=N/c3ccccc3)n2C2CCCCC2)ccc1Cl. The Hall–Kier alpha value is -1.93. The second kappa shape index (κ2) is 9.28. The Morgan fingerprint density at radius 3 is 2.45 bits per heavy atom. The van der Waals surface area contributed by atoms with Gasteiger partial charge in [-0.25, -0.2) is 17.7 Å². The van der Waals surface area contributed by atoms with Crippen molar-refractivity contribution in [1.29, 1.82) is 0 Å². The lowest BCUT2D eigenvalue weighted by molar-refractivity contribution is 0.351. The van der Waals surface area contributed by atoms with Gasteiger partial charge >= 0.3 is 0 Å². The van der Waals surface area contributed by atoms with Crippen LogP contribution >= 0.6 is 22.9 Å². The fraction of sp³-hybridized carbons (Fsp3) is 0.348. The van der Waals surface area contributed by atoms with E-state index in [-0.39, 0.29) is 9.92 Å². The van der Waals surface area contributed by atoms with Crippen molar-refractivity contribution in [3.8, 4) is 11.3 Å². The maximum Gasteiger partial charge on any atom is 0.244 e. The van der Waals surface area contributed by atoms with Crippen LogP contribution in [0.1, 0.15) is 38.1 Å². The molecule has 164 valence electrons. The summed E-state index contributed by atoms with van der Waals surface area (Å²) < 4.78 is 29.1. The second-order valence-corrected chi connectivity index (χ2v) is 11.3. The van der Waals surface area contributed by atoms with Crippen LogP contribution in [-0.4, -0.2) is 31.4 Å². The molecule has 0 N–H and O–H groups in total. The first-order valence-electron chi connectivity index (χ1n) is 10.4. The summed E-state index contributed by atoms with van der Waals surface area (Å²) in [5, 5.41) is 2.30. The van der Waals surface area contributed by atoms with Crippen molar-refractivity contribution >= 4 is 38.6 Å². The number of thiazole rings is 1. The summed E-state index contributed by atoms with van der Waals surface area (Å²) in [6.45, 7) is 0. The Morgan fingerprint density at radius 2 is 1.77 bits per heavy atom. The van der Waals surface area contributed by atoms with Gasteiger partial charge < -0.3 is 4.57 Å². The molecule has 0 bridgehead atoms. The minimum Gasteiger partial charge on any atom is -0.313 e. The van der Waals surface area contributed by atoms with Crippen LogP contribution in [0.15, 0.2) is 63.8 Å². The van der Waals surface area contributed by atoms with E-state index in [0.717, 1.165) is 34.6 Å². The van der Waals surface area contributed by atoms with E-state index in [4.69, 9.17) is 16.6 Å². The summed E-state index contributed by atoms with van der Waals surface area (Å²) in [5.41, 5.74) is 2.73. The molecule has 1 heterocycles. The molecule has 1 aromatic heterocycles. The van der Waals surface area contributed by atoms with Crippen LogP contribution in [0, 0.1) is 0 Å². The zero-order valence-electron chi connectivity index (χ0n) is 17.7. The molecule has 8 heteroatoms. The summed E-state index contributed by atoms with van der Waals surface area (Å²) in [7, 11) is -0.614. The second-order valence-electron chi connectivity index (χ2n) is 7.95. The van der Waals surface area contributed by atoms with Crippen molar-refractivity contribution in [2.45, 2.75) is 43.0 Å². The molecule has 0 saturated heterocycles. The predicted molar refractivity (Wildman–Crippen MR) is 127 cm³/mol. The molecule has 5 nitrogen and oxygen atoms in total. The number of sulfonamides is 1. The summed E-state index contributed by atoms with van der Waals surface area (Å²) in [6, 6.07) is 15.5. The van der Waals surface area contributed by atoms with Gasteiger partial charge in [0.05, 0.1) is 16.4 Å². The van der Waals surface area contributed by atoms with Gasteiger partial charge in [0.2, 0.25) is 10.0 Å². The molecule has 31 heavy (non-hydrogen) atoms. The number of rotatable bonds is 5. The maximum absolute atomic E-state index is 12.8. The molecule has 4 rings (SSSR count). The molecule has 0 radical (unpaired) electrons. The zero-order valence-corrected chi connectivity index (χ0v) is 20.1. The normalized spacial score (nSPS) is 16.2. The van der Waals surface area contributed by atoms with Crippen LogP contribution in [0.5, 0.6) is 0 Å². The molecular formula is C23H26ClN3O2S2. The van der Waals surface area contributed by atoms with Crippen LogP contribution < -0.4 is 4.80 Å². The molecule has 3 aromatic rings. The highest BCUT2D eigenvalue weighted by atomic mass is 35.5. The third kappa shape index (κ3) is 4.65. The average Bonchev–Trinajstić information content (AvgIpc) is 3.18. The number of halogens is 1. The van der Waals surface area contributed by atoms with Crippen LogP contribution in [0.3, 0.4) is 0 Å². The lowest BCUT2D eigenvalue weighted by Gasteiger charge is -2.25. The molecule has 0 aliphatic heterocycles. The van der Waals surface area contributed by atoms with E-state index in [1.54, 1.807) is 23.5 Å². The molecule has 0 unspecified atom stereocenters. The fourth-order valence-corrected chi connectivity index (χ4v) is 6.35. The topological polar surface area (TPSA) is 54.7 Å². The van der Waals surface area contributed by atoms with E-state index in [0.29, 0.717) is 6.04 Å². The Balaban J connectivity index is 1.89. The Labute approximate surface area is 192 Å². The molecule has 0 atom stereocenters. The average molecular weight is 476 g/mol. The summed E-state index contributed by atoms with van der Waals surface area (Å²) >= 11 is 7.87. The molecule has 1 saturated carbocycles. The molecule has 0 spiro atoms. The van der Waals surface area contributed by atoms with Gasteiger partial charge in [0.1, 0.15) is 4.90 Å². The van der Waals surface area contributed by atoms with Gasteiger partial charge in [-0.05, 0) is 37.1 Å². The van der Waals surface area contributed by atoms with Crippen LogP contribution in [-0.2, 0) is 10.0 Å². The first-order chi connectivity index (χ1) is 14.9. The van der Waals surface area contributed by atoms with Crippen molar-refractivity contribution in [3.63, 3.8) is 0 Å². The van der Waals surface area contributed by atoms with Gasteiger partial charge in [-0.1, -0.05) is 55.1 Å². The van der Waals surface area contributed by atoms with E-state index in [1.165, 1.54) is 37.7 Å². The Morgan fingerprint density at radius 1 is 1.06 bits per heavy atom. The quantitative estimate of drug-likeness (QED) is 0.464. The van der Waals surface area contributed by atoms with Crippen molar-refractivity contribution < 1.29 is 8.42 Å². The molecule has 1 fully saturated rings. The largest absolute Gasteiger partial charge is 0.313 e. The van der Waals surface area contributed by atoms with Crippen molar-refractivity contribution in [1.82, 2.24) is 8.87 Å². The van der Waals surface area contributed by atoms with Gasteiger partial charge in [0.25, 0.3) is 0 Å². The van der Waals surface area contributed by atoms with Crippen LogP contribution in [0.25, 0.3) is 11.3 Å². The van der Waals surface area contributed by atoms with Crippen molar-refractivity contribution in [3.05, 3.63) is 63.7 Å². The maximum atomic E-state index is 12.8. The van der Waals surface area contributed by atoms with E-state index in [2.05, 4.69) is 9.95 Å². The smallest absolute Gasteiger partial charge is 0.244 e. The highest BCUT2D eigenvalue weighted by molar-refractivity contribution is 7.89. The number of hydrogen-bond acceptors (Lipinski definition) is 4. The lowest BCUT2D eigenvalue weighted by atomic mass is 9.95. The lowest BCUT2D eigenvalue weighted by Crippen LogP contribution is -2.24. The Bertz CT molecular complexity index is 1230. The van der Waals surface area contributed by atoms with Crippen molar-refractivity contribution in [2.24, 2.45) is 4.99 Å². The number of para-hydroxylation sites is 1. The monoisotopic (exact) mass is 475 g/mol. The minimum absolute atomic E-state index is 0.125. The van der Waals surface area contributed by atoms with Gasteiger partial charge in [0, 0.05) is 31.1 Å². The highest BCUT2D eigenvalue weighted by Crippen LogP contribution is 2.35.